The molecule has 2 aliphatic carbocycles. The van der Waals surface area contributed by atoms with Gasteiger partial charge >= 0.3 is 0 Å². The van der Waals surface area contributed by atoms with E-state index in [0.717, 1.165) is 69.5 Å². The van der Waals surface area contributed by atoms with E-state index >= 15 is 0 Å². The molecule has 7 heteroatoms. The van der Waals surface area contributed by atoms with E-state index in [4.69, 9.17) is 14.5 Å². The number of aryl methyl sites for hydroxylation is 2. The average molecular weight is 368 g/mol. The van der Waals surface area contributed by atoms with E-state index in [-0.39, 0.29) is 0 Å². The van der Waals surface area contributed by atoms with Crippen LogP contribution in [0.2, 0.25) is 0 Å². The molecule has 3 heterocycles. The Balaban J connectivity index is 1.27. The number of aromatic nitrogens is 4. The van der Waals surface area contributed by atoms with Crippen LogP contribution in [0, 0.1) is 6.92 Å². The minimum atomic E-state index is 0.526. The molecule has 0 radical (unpaired) electrons. The zero-order chi connectivity index (χ0) is 18.2. The van der Waals surface area contributed by atoms with E-state index in [0.29, 0.717) is 5.92 Å². The second-order valence-electron chi connectivity index (χ2n) is 8.17. The van der Waals surface area contributed by atoms with Crippen LogP contribution in [0.5, 0.6) is 0 Å². The van der Waals surface area contributed by atoms with Crippen molar-refractivity contribution < 1.29 is 4.52 Å². The molecule has 2 aromatic rings. The lowest BCUT2D eigenvalue weighted by Crippen LogP contribution is -2.32. The maximum atomic E-state index is 5.41. The van der Waals surface area contributed by atoms with Crippen LogP contribution in [0.4, 0.5) is 5.82 Å². The number of anilines is 1. The highest BCUT2D eigenvalue weighted by molar-refractivity contribution is 5.50. The molecule has 2 fully saturated rings. The molecule has 0 amide bonds. The number of fused-ring (bicyclic) bond motifs is 1. The van der Waals surface area contributed by atoms with Crippen LogP contribution in [0.25, 0.3) is 0 Å². The Bertz CT molecular complexity index is 815. The molecular formula is C20H28N6O. The van der Waals surface area contributed by atoms with E-state index in [2.05, 4.69) is 19.9 Å². The van der Waals surface area contributed by atoms with Crippen molar-refractivity contribution in [3.63, 3.8) is 0 Å². The van der Waals surface area contributed by atoms with Gasteiger partial charge in [0.25, 0.3) is 0 Å². The van der Waals surface area contributed by atoms with E-state index in [1.807, 2.05) is 6.92 Å². The van der Waals surface area contributed by atoms with Crippen molar-refractivity contribution in [3.05, 3.63) is 28.8 Å². The molecule has 3 aliphatic rings. The van der Waals surface area contributed by atoms with Crippen molar-refractivity contribution in [2.75, 3.05) is 31.1 Å². The molecule has 0 spiro atoms. The molecule has 144 valence electrons. The van der Waals surface area contributed by atoms with Crippen LogP contribution < -0.4 is 4.90 Å². The van der Waals surface area contributed by atoms with Crippen molar-refractivity contribution in [1.82, 2.24) is 25.0 Å². The minimum absolute atomic E-state index is 0.526. The topological polar surface area (TPSA) is 71.2 Å². The summed E-state index contributed by atoms with van der Waals surface area (Å²) in [4.78, 5) is 19.1. The summed E-state index contributed by atoms with van der Waals surface area (Å²) in [6.07, 6.45) is 8.26. The Morgan fingerprint density at radius 1 is 0.963 bits per heavy atom. The van der Waals surface area contributed by atoms with Crippen LogP contribution in [-0.2, 0) is 19.4 Å². The van der Waals surface area contributed by atoms with Gasteiger partial charge in [-0.05, 0) is 51.9 Å². The molecule has 2 aromatic heterocycles. The highest BCUT2D eigenvalue weighted by atomic mass is 16.5. The predicted molar refractivity (Wildman–Crippen MR) is 102 cm³/mol. The van der Waals surface area contributed by atoms with Gasteiger partial charge in [-0.2, -0.15) is 4.98 Å². The monoisotopic (exact) mass is 368 g/mol. The first-order valence-electron chi connectivity index (χ1n) is 10.4. The summed E-state index contributed by atoms with van der Waals surface area (Å²) in [5, 5.41) is 4.19. The quantitative estimate of drug-likeness (QED) is 0.821. The van der Waals surface area contributed by atoms with Crippen molar-refractivity contribution in [2.24, 2.45) is 0 Å². The third-order valence-electron chi connectivity index (χ3n) is 5.94. The van der Waals surface area contributed by atoms with Gasteiger partial charge < -0.3 is 9.42 Å². The normalized spacial score (nSPS) is 21.1. The van der Waals surface area contributed by atoms with Gasteiger partial charge in [-0.25, -0.2) is 9.97 Å². The summed E-state index contributed by atoms with van der Waals surface area (Å²) >= 11 is 0. The molecule has 0 unspecified atom stereocenters. The van der Waals surface area contributed by atoms with E-state index in [9.17, 15) is 0 Å². The van der Waals surface area contributed by atoms with E-state index in [1.165, 1.54) is 42.8 Å². The fraction of sp³-hybridized carbons (Fsp3) is 0.700. The van der Waals surface area contributed by atoms with E-state index < -0.39 is 0 Å². The van der Waals surface area contributed by atoms with Gasteiger partial charge in [0.2, 0.25) is 5.89 Å². The van der Waals surface area contributed by atoms with Crippen LogP contribution in [0.3, 0.4) is 0 Å². The fourth-order valence-corrected chi connectivity index (χ4v) is 4.32. The summed E-state index contributed by atoms with van der Waals surface area (Å²) in [7, 11) is 0. The highest BCUT2D eigenvalue weighted by Crippen LogP contribution is 2.38. The van der Waals surface area contributed by atoms with Gasteiger partial charge in [0, 0.05) is 43.4 Å². The van der Waals surface area contributed by atoms with E-state index in [1.54, 1.807) is 0 Å². The fourth-order valence-electron chi connectivity index (χ4n) is 4.32. The molecule has 0 atom stereocenters. The second-order valence-corrected chi connectivity index (χ2v) is 8.17. The molecule has 0 aromatic carbocycles. The Kier molecular flexibility index (Phi) is 4.55. The van der Waals surface area contributed by atoms with Crippen LogP contribution in [0.1, 0.15) is 66.8 Å². The number of hydrogen-bond donors (Lipinski definition) is 0. The van der Waals surface area contributed by atoms with Gasteiger partial charge in [0.05, 0.1) is 6.54 Å². The summed E-state index contributed by atoms with van der Waals surface area (Å²) < 4.78 is 5.41. The molecule has 27 heavy (non-hydrogen) atoms. The Morgan fingerprint density at radius 2 is 1.85 bits per heavy atom. The molecule has 0 bridgehead atoms. The number of nitrogens with zero attached hydrogens (tertiary/aromatic N) is 6. The largest absolute Gasteiger partial charge is 0.355 e. The van der Waals surface area contributed by atoms with Crippen molar-refractivity contribution >= 4 is 5.82 Å². The zero-order valence-corrected chi connectivity index (χ0v) is 16.2. The van der Waals surface area contributed by atoms with Crippen LogP contribution in [0.15, 0.2) is 4.52 Å². The molecule has 0 N–H and O–H groups in total. The maximum Gasteiger partial charge on any atom is 0.229 e. The van der Waals surface area contributed by atoms with Gasteiger partial charge in [-0.3, -0.25) is 4.90 Å². The molecule has 1 aliphatic heterocycles. The summed E-state index contributed by atoms with van der Waals surface area (Å²) in [5.74, 6) is 4.30. The Morgan fingerprint density at radius 3 is 2.74 bits per heavy atom. The smallest absolute Gasteiger partial charge is 0.229 e. The summed E-state index contributed by atoms with van der Waals surface area (Å²) in [5.41, 5.74) is 2.68. The summed E-state index contributed by atoms with van der Waals surface area (Å²) in [6, 6.07) is 0. The summed E-state index contributed by atoms with van der Waals surface area (Å²) in [6.45, 7) is 6.93. The molecule has 5 rings (SSSR count). The Labute approximate surface area is 160 Å². The van der Waals surface area contributed by atoms with Gasteiger partial charge in [0.15, 0.2) is 5.82 Å². The number of rotatable bonds is 4. The molecule has 1 saturated carbocycles. The molecule has 1 saturated heterocycles. The first-order valence-corrected chi connectivity index (χ1v) is 10.4. The minimum Gasteiger partial charge on any atom is -0.355 e. The van der Waals surface area contributed by atoms with Crippen molar-refractivity contribution in [2.45, 2.75) is 64.3 Å². The van der Waals surface area contributed by atoms with Gasteiger partial charge in [-0.1, -0.05) is 5.16 Å². The second kappa shape index (κ2) is 7.19. The van der Waals surface area contributed by atoms with Gasteiger partial charge in [0.1, 0.15) is 11.6 Å². The first-order chi connectivity index (χ1) is 13.3. The third-order valence-corrected chi connectivity index (χ3v) is 5.94. The lowest BCUT2D eigenvalue weighted by Gasteiger charge is -2.27. The Hall–Kier alpha value is -2.02. The maximum absolute atomic E-state index is 5.41. The predicted octanol–water partition coefficient (Wildman–Crippen LogP) is 2.64. The highest BCUT2D eigenvalue weighted by Gasteiger charge is 2.30. The standard InChI is InChI=1S/C20H28N6O/c1-14-21-17-6-3-2-5-16(17)19(22-14)26-10-4-9-25(11-12-26)13-18-23-20(27-24-18)15-7-8-15/h15H,2-13H2,1H3. The number of hydrogen-bond acceptors (Lipinski definition) is 7. The van der Waals surface area contributed by atoms with Crippen molar-refractivity contribution in [3.8, 4) is 0 Å². The lowest BCUT2D eigenvalue weighted by molar-refractivity contribution is 0.271. The zero-order valence-electron chi connectivity index (χ0n) is 16.2. The third kappa shape index (κ3) is 3.70. The SMILES string of the molecule is Cc1nc2c(c(N3CCCN(Cc4noc(C5CC5)n4)CC3)n1)CCCC2. The van der Waals surface area contributed by atoms with Crippen molar-refractivity contribution in [1.29, 1.82) is 0 Å². The lowest BCUT2D eigenvalue weighted by atomic mass is 9.96. The van der Waals surface area contributed by atoms with Crippen LogP contribution in [-0.4, -0.2) is 51.2 Å². The molecule has 7 nitrogen and oxygen atoms in total. The van der Waals surface area contributed by atoms with Crippen LogP contribution >= 0.6 is 0 Å². The average Bonchev–Trinajstić information content (AvgIpc) is 3.46. The molecular weight excluding hydrogens is 340 g/mol. The first kappa shape index (κ1) is 17.1. The van der Waals surface area contributed by atoms with Gasteiger partial charge in [-0.15, -0.1) is 0 Å².